The quantitative estimate of drug-likeness (QED) is 0.918. The minimum atomic E-state index is -0.0657. The average Bonchev–Trinajstić information content (AvgIpc) is 3.08. The molecule has 2 aromatic rings. The van der Waals surface area contributed by atoms with Gasteiger partial charge in [-0.2, -0.15) is 0 Å². The molecule has 3 rings (SSSR count). The molecular weight excluding hydrogens is 292 g/mol. The van der Waals surface area contributed by atoms with Crippen LogP contribution in [0.4, 0.5) is 0 Å². The molecule has 1 unspecified atom stereocenters. The Morgan fingerprint density at radius 1 is 1.43 bits per heavy atom. The van der Waals surface area contributed by atoms with Gasteiger partial charge in [0.1, 0.15) is 0 Å². The van der Waals surface area contributed by atoms with Gasteiger partial charge in [-0.25, -0.2) is 4.68 Å². The molecule has 6 nitrogen and oxygen atoms in total. The first-order valence-corrected chi connectivity index (χ1v) is 7.28. The first-order valence-electron chi connectivity index (χ1n) is 6.91. The molecule has 21 heavy (non-hydrogen) atoms. The predicted molar refractivity (Wildman–Crippen MR) is 78.5 cm³/mol. The molecule has 0 bridgehead atoms. The molecule has 1 aliphatic heterocycles. The highest BCUT2D eigenvalue weighted by atomic mass is 35.5. The van der Waals surface area contributed by atoms with Crippen molar-refractivity contribution in [3.63, 3.8) is 0 Å². The third-order valence-corrected chi connectivity index (χ3v) is 3.65. The van der Waals surface area contributed by atoms with Crippen LogP contribution in [0.3, 0.4) is 0 Å². The molecule has 0 aliphatic carbocycles. The van der Waals surface area contributed by atoms with E-state index in [4.69, 9.17) is 26.8 Å². The molecule has 2 heterocycles. The summed E-state index contributed by atoms with van der Waals surface area (Å²) in [5, 5.41) is 8.78. The molecule has 7 heteroatoms. The second-order valence-electron chi connectivity index (χ2n) is 5.05. The molecule has 0 radical (unpaired) electrons. The summed E-state index contributed by atoms with van der Waals surface area (Å²) in [5.74, 6) is 1.27. The second kappa shape index (κ2) is 5.91. The van der Waals surface area contributed by atoms with E-state index in [9.17, 15) is 0 Å². The van der Waals surface area contributed by atoms with Crippen LogP contribution < -0.4 is 15.2 Å². The lowest BCUT2D eigenvalue weighted by atomic mass is 10.1. The van der Waals surface area contributed by atoms with Crippen LogP contribution in [0.1, 0.15) is 37.1 Å². The lowest BCUT2D eigenvalue weighted by molar-refractivity contribution is 0.174. The number of nitrogens with zero attached hydrogens (tertiary/aromatic N) is 3. The summed E-state index contributed by atoms with van der Waals surface area (Å²) in [4.78, 5) is 0. The Morgan fingerprint density at radius 2 is 2.29 bits per heavy atom. The molecular formula is C14H17ClN4O2. The van der Waals surface area contributed by atoms with Crippen LogP contribution in [0.15, 0.2) is 18.3 Å². The van der Waals surface area contributed by atoms with Gasteiger partial charge in [-0.1, -0.05) is 30.2 Å². The van der Waals surface area contributed by atoms with E-state index in [-0.39, 0.29) is 12.8 Å². The first-order chi connectivity index (χ1) is 10.2. The van der Waals surface area contributed by atoms with Gasteiger partial charge in [0.05, 0.1) is 29.5 Å². The minimum Gasteiger partial charge on any atom is -0.454 e. The van der Waals surface area contributed by atoms with Crippen molar-refractivity contribution in [3.8, 4) is 11.5 Å². The third kappa shape index (κ3) is 2.96. The van der Waals surface area contributed by atoms with Crippen molar-refractivity contribution in [2.75, 3.05) is 6.79 Å². The SMILES string of the molecule is CCCC(N)c1cn(Cc2cc(Cl)c3c(c2)OCO3)nn1. The molecule has 1 aromatic carbocycles. The Morgan fingerprint density at radius 3 is 3.10 bits per heavy atom. The van der Waals surface area contributed by atoms with Gasteiger partial charge in [-0.3, -0.25) is 0 Å². The van der Waals surface area contributed by atoms with Gasteiger partial charge in [0.25, 0.3) is 0 Å². The molecule has 1 atom stereocenters. The van der Waals surface area contributed by atoms with Crippen molar-refractivity contribution in [3.05, 3.63) is 34.6 Å². The average molecular weight is 309 g/mol. The van der Waals surface area contributed by atoms with Crippen LogP contribution in [0.25, 0.3) is 0 Å². The van der Waals surface area contributed by atoms with Crippen molar-refractivity contribution in [1.29, 1.82) is 0 Å². The molecule has 0 saturated heterocycles. The van der Waals surface area contributed by atoms with Crippen LogP contribution in [-0.4, -0.2) is 21.8 Å². The molecule has 0 fully saturated rings. The maximum absolute atomic E-state index is 6.17. The Labute approximate surface area is 127 Å². The number of nitrogens with two attached hydrogens (primary N) is 1. The zero-order valence-corrected chi connectivity index (χ0v) is 12.5. The number of rotatable bonds is 5. The summed E-state index contributed by atoms with van der Waals surface area (Å²) in [7, 11) is 0. The van der Waals surface area contributed by atoms with E-state index < -0.39 is 0 Å². The third-order valence-electron chi connectivity index (χ3n) is 3.37. The molecule has 2 N–H and O–H groups in total. The van der Waals surface area contributed by atoms with Crippen molar-refractivity contribution < 1.29 is 9.47 Å². The van der Waals surface area contributed by atoms with E-state index in [2.05, 4.69) is 17.2 Å². The van der Waals surface area contributed by atoms with Crippen molar-refractivity contribution in [2.24, 2.45) is 5.73 Å². The van der Waals surface area contributed by atoms with Gasteiger partial charge < -0.3 is 15.2 Å². The fraction of sp³-hybridized carbons (Fsp3) is 0.429. The standard InChI is InChI=1S/C14H17ClN4O2/c1-2-3-11(16)12-7-19(18-17-12)6-9-4-10(15)14-13(5-9)20-8-21-14/h4-5,7,11H,2-3,6,8,16H2,1H3. The van der Waals surface area contributed by atoms with Gasteiger partial charge in [-0.15, -0.1) is 5.10 Å². The number of hydrogen-bond acceptors (Lipinski definition) is 5. The number of hydrogen-bond donors (Lipinski definition) is 1. The van der Waals surface area contributed by atoms with E-state index in [1.54, 1.807) is 4.68 Å². The van der Waals surface area contributed by atoms with Gasteiger partial charge in [0.15, 0.2) is 11.5 Å². The Kier molecular flexibility index (Phi) is 3.98. The van der Waals surface area contributed by atoms with Gasteiger partial charge in [0, 0.05) is 0 Å². The monoisotopic (exact) mass is 308 g/mol. The van der Waals surface area contributed by atoms with E-state index in [1.165, 1.54) is 0 Å². The van der Waals surface area contributed by atoms with Crippen LogP contribution >= 0.6 is 11.6 Å². The number of ether oxygens (including phenoxy) is 2. The smallest absolute Gasteiger partial charge is 0.231 e. The second-order valence-corrected chi connectivity index (χ2v) is 5.45. The van der Waals surface area contributed by atoms with Gasteiger partial charge in [-0.05, 0) is 24.1 Å². The first kappa shape index (κ1) is 14.2. The van der Waals surface area contributed by atoms with E-state index in [0.29, 0.717) is 23.1 Å². The summed E-state index contributed by atoms with van der Waals surface area (Å²) >= 11 is 6.17. The Bertz CT molecular complexity index is 644. The number of benzene rings is 1. The number of halogens is 1. The predicted octanol–water partition coefficient (Wildman–Crippen LogP) is 2.51. The molecule has 0 saturated carbocycles. The summed E-state index contributed by atoms with van der Waals surface area (Å²) in [6.07, 6.45) is 3.79. The van der Waals surface area contributed by atoms with E-state index in [0.717, 1.165) is 24.1 Å². The fourth-order valence-corrected chi connectivity index (χ4v) is 2.61. The maximum atomic E-state index is 6.17. The van der Waals surface area contributed by atoms with Crippen LogP contribution in [-0.2, 0) is 6.54 Å². The Hall–Kier alpha value is -1.79. The van der Waals surface area contributed by atoms with Crippen LogP contribution in [0.2, 0.25) is 5.02 Å². The van der Waals surface area contributed by atoms with Crippen molar-refractivity contribution in [2.45, 2.75) is 32.4 Å². The van der Waals surface area contributed by atoms with Gasteiger partial charge >= 0.3 is 0 Å². The topological polar surface area (TPSA) is 75.2 Å². The lowest BCUT2D eigenvalue weighted by Crippen LogP contribution is -2.10. The Balaban J connectivity index is 1.77. The van der Waals surface area contributed by atoms with Gasteiger partial charge in [0.2, 0.25) is 6.79 Å². The van der Waals surface area contributed by atoms with Crippen molar-refractivity contribution >= 4 is 11.6 Å². The van der Waals surface area contributed by atoms with Crippen molar-refractivity contribution in [1.82, 2.24) is 15.0 Å². The molecule has 1 aliphatic rings. The normalized spacial score (nSPS) is 14.4. The highest BCUT2D eigenvalue weighted by molar-refractivity contribution is 6.32. The fourth-order valence-electron chi connectivity index (χ4n) is 2.32. The highest BCUT2D eigenvalue weighted by Crippen LogP contribution is 2.39. The summed E-state index contributed by atoms with van der Waals surface area (Å²) < 4.78 is 12.4. The van der Waals surface area contributed by atoms with E-state index in [1.807, 2.05) is 18.3 Å². The molecule has 0 amide bonds. The summed E-state index contributed by atoms with van der Waals surface area (Å²) in [6.45, 7) is 2.86. The zero-order valence-electron chi connectivity index (χ0n) is 11.8. The largest absolute Gasteiger partial charge is 0.454 e. The molecule has 112 valence electrons. The zero-order chi connectivity index (χ0) is 14.8. The molecule has 1 aromatic heterocycles. The number of aromatic nitrogens is 3. The van der Waals surface area contributed by atoms with Crippen LogP contribution in [0, 0.1) is 0 Å². The lowest BCUT2D eigenvalue weighted by Gasteiger charge is -2.06. The minimum absolute atomic E-state index is 0.0657. The summed E-state index contributed by atoms with van der Waals surface area (Å²) in [5.41, 5.74) is 7.82. The molecule has 0 spiro atoms. The van der Waals surface area contributed by atoms with E-state index >= 15 is 0 Å². The highest BCUT2D eigenvalue weighted by Gasteiger charge is 2.18. The number of fused-ring (bicyclic) bond motifs is 1. The maximum Gasteiger partial charge on any atom is 0.231 e. The summed E-state index contributed by atoms with van der Waals surface area (Å²) in [6, 6.07) is 3.69. The van der Waals surface area contributed by atoms with Crippen LogP contribution in [0.5, 0.6) is 11.5 Å².